The number of carbonyl (C=O) groups is 1. The fraction of sp³-hybridized carbons (Fsp3) is 0.636. The molecule has 0 saturated heterocycles. The minimum Gasteiger partial charge on any atom is -0.374 e. The summed E-state index contributed by atoms with van der Waals surface area (Å²) in [5, 5.41) is 6.74. The van der Waals surface area contributed by atoms with E-state index in [4.69, 9.17) is 4.74 Å². The van der Waals surface area contributed by atoms with Gasteiger partial charge in [-0.3, -0.25) is 9.79 Å². The Morgan fingerprint density at radius 2 is 1.89 bits per heavy atom. The van der Waals surface area contributed by atoms with Crippen LogP contribution in [0.15, 0.2) is 29.3 Å². The van der Waals surface area contributed by atoms with E-state index in [2.05, 4.69) is 39.9 Å². The maximum absolute atomic E-state index is 12.7. The first kappa shape index (κ1) is 22.2. The molecule has 1 aliphatic rings. The number of hydrogen-bond acceptors (Lipinski definition) is 3. The number of aliphatic imine (C=N–C) groups is 1. The van der Waals surface area contributed by atoms with Gasteiger partial charge in [0.25, 0.3) is 0 Å². The molecule has 156 valence electrons. The summed E-state index contributed by atoms with van der Waals surface area (Å²) in [6, 6.07) is 8.37. The van der Waals surface area contributed by atoms with E-state index in [1.165, 1.54) is 5.56 Å². The molecular formula is C22H36N4O2. The molecule has 28 heavy (non-hydrogen) atoms. The predicted molar refractivity (Wildman–Crippen MR) is 114 cm³/mol. The molecule has 2 rings (SSSR count). The predicted octanol–water partition coefficient (Wildman–Crippen LogP) is 2.93. The second kappa shape index (κ2) is 10.5. The van der Waals surface area contributed by atoms with Crippen LogP contribution in [0.3, 0.4) is 0 Å². The van der Waals surface area contributed by atoms with Crippen LogP contribution in [-0.2, 0) is 22.7 Å². The van der Waals surface area contributed by atoms with Crippen LogP contribution in [-0.4, -0.2) is 50.6 Å². The van der Waals surface area contributed by atoms with Crippen LogP contribution in [0.4, 0.5) is 0 Å². The molecule has 6 heteroatoms. The number of guanidine groups is 1. The van der Waals surface area contributed by atoms with Gasteiger partial charge in [0, 0.05) is 34.2 Å². The highest BCUT2D eigenvalue weighted by Gasteiger charge is 2.42. The number of carbonyl (C=O) groups excluding carboxylic acids is 1. The molecule has 0 aromatic heterocycles. The van der Waals surface area contributed by atoms with Crippen molar-refractivity contribution < 1.29 is 9.53 Å². The lowest BCUT2D eigenvalue weighted by molar-refractivity contribution is -0.138. The summed E-state index contributed by atoms with van der Waals surface area (Å²) in [5.41, 5.74) is 2.03. The van der Waals surface area contributed by atoms with Crippen LogP contribution >= 0.6 is 0 Å². The largest absolute Gasteiger partial charge is 0.374 e. The Bertz CT molecular complexity index is 664. The Hall–Kier alpha value is -2.08. The summed E-state index contributed by atoms with van der Waals surface area (Å²) in [4.78, 5) is 18.8. The molecule has 1 aromatic rings. The number of amides is 1. The summed E-state index contributed by atoms with van der Waals surface area (Å²) >= 11 is 0. The van der Waals surface area contributed by atoms with Crippen LogP contribution in [0, 0.1) is 5.41 Å². The number of benzene rings is 1. The van der Waals surface area contributed by atoms with Crippen molar-refractivity contribution in [3.63, 3.8) is 0 Å². The van der Waals surface area contributed by atoms with E-state index in [9.17, 15) is 4.79 Å². The van der Waals surface area contributed by atoms with Crippen molar-refractivity contribution in [2.24, 2.45) is 10.4 Å². The maximum Gasteiger partial charge on any atom is 0.230 e. The Labute approximate surface area is 169 Å². The maximum atomic E-state index is 12.7. The lowest BCUT2D eigenvalue weighted by atomic mass is 9.84. The summed E-state index contributed by atoms with van der Waals surface area (Å²) < 4.78 is 5.69. The zero-order valence-corrected chi connectivity index (χ0v) is 18.0. The average Bonchev–Trinajstić information content (AvgIpc) is 3.16. The van der Waals surface area contributed by atoms with Gasteiger partial charge in [0.15, 0.2) is 5.96 Å². The van der Waals surface area contributed by atoms with Crippen molar-refractivity contribution in [1.82, 2.24) is 15.5 Å². The second-order valence-corrected chi connectivity index (χ2v) is 8.15. The Balaban J connectivity index is 1.91. The molecular weight excluding hydrogens is 352 g/mol. The first-order valence-corrected chi connectivity index (χ1v) is 10.2. The van der Waals surface area contributed by atoms with Gasteiger partial charge in [-0.2, -0.15) is 0 Å². The van der Waals surface area contributed by atoms with Gasteiger partial charge in [-0.05, 0) is 37.8 Å². The molecule has 1 aromatic carbocycles. The average molecular weight is 389 g/mol. The van der Waals surface area contributed by atoms with Gasteiger partial charge in [0.2, 0.25) is 5.91 Å². The fourth-order valence-electron chi connectivity index (χ4n) is 3.74. The summed E-state index contributed by atoms with van der Waals surface area (Å²) in [5.74, 6) is 0.937. The number of ether oxygens (including phenoxy) is 1. The van der Waals surface area contributed by atoms with E-state index < -0.39 is 0 Å². The zero-order chi connectivity index (χ0) is 20.6. The van der Waals surface area contributed by atoms with Gasteiger partial charge in [0.05, 0.1) is 18.1 Å². The lowest BCUT2D eigenvalue weighted by Crippen LogP contribution is -2.49. The van der Waals surface area contributed by atoms with Crippen LogP contribution in [0.2, 0.25) is 0 Å². The first-order chi connectivity index (χ1) is 13.4. The van der Waals surface area contributed by atoms with E-state index in [-0.39, 0.29) is 17.4 Å². The van der Waals surface area contributed by atoms with Crippen molar-refractivity contribution in [3.05, 3.63) is 35.4 Å². The fourth-order valence-corrected chi connectivity index (χ4v) is 3.74. The van der Waals surface area contributed by atoms with E-state index >= 15 is 0 Å². The Morgan fingerprint density at radius 3 is 2.50 bits per heavy atom. The van der Waals surface area contributed by atoms with E-state index in [1.807, 2.05) is 27.9 Å². The van der Waals surface area contributed by atoms with Crippen molar-refractivity contribution in [3.8, 4) is 0 Å². The molecule has 0 atom stereocenters. The minimum atomic E-state index is -0.310. The number of nitrogens with zero attached hydrogens (tertiary/aromatic N) is 2. The van der Waals surface area contributed by atoms with Gasteiger partial charge in [-0.15, -0.1) is 0 Å². The molecule has 1 saturated carbocycles. The van der Waals surface area contributed by atoms with E-state index in [1.54, 1.807) is 11.9 Å². The molecule has 6 nitrogen and oxygen atoms in total. The topological polar surface area (TPSA) is 66.0 Å². The quantitative estimate of drug-likeness (QED) is 0.531. The molecule has 0 radical (unpaired) electrons. The second-order valence-electron chi connectivity index (χ2n) is 8.15. The molecule has 2 N–H and O–H groups in total. The van der Waals surface area contributed by atoms with Crippen LogP contribution in [0.1, 0.15) is 50.7 Å². The van der Waals surface area contributed by atoms with Gasteiger partial charge in [0.1, 0.15) is 0 Å². The van der Waals surface area contributed by atoms with Gasteiger partial charge >= 0.3 is 0 Å². The highest BCUT2D eigenvalue weighted by atomic mass is 16.5. The molecule has 0 aliphatic heterocycles. The smallest absolute Gasteiger partial charge is 0.230 e. The van der Waals surface area contributed by atoms with Gasteiger partial charge < -0.3 is 20.3 Å². The molecule has 0 spiro atoms. The SMILES string of the molecule is CN=C(NCc1cccc(COC(C)C)c1)NCC1(C(=O)N(C)C)CCCC1. The molecule has 0 unspecified atom stereocenters. The van der Waals surface area contributed by atoms with Crippen molar-refractivity contribution in [2.75, 3.05) is 27.7 Å². The van der Waals surface area contributed by atoms with Gasteiger partial charge in [-0.1, -0.05) is 37.1 Å². The third kappa shape index (κ3) is 6.23. The van der Waals surface area contributed by atoms with Crippen LogP contribution in [0.25, 0.3) is 0 Å². The molecule has 1 amide bonds. The van der Waals surface area contributed by atoms with Gasteiger partial charge in [-0.25, -0.2) is 0 Å². The highest BCUT2D eigenvalue weighted by Crippen LogP contribution is 2.38. The standard InChI is InChI=1S/C22H36N4O2/c1-17(2)28-15-19-10-8-9-18(13-19)14-24-21(23-3)25-16-22(11-6-7-12-22)20(27)26(4)5/h8-10,13,17H,6-7,11-12,14-16H2,1-5H3,(H2,23,24,25). The number of nitrogens with one attached hydrogen (secondary N) is 2. The van der Waals surface area contributed by atoms with Crippen LogP contribution < -0.4 is 10.6 Å². The van der Waals surface area contributed by atoms with Crippen LogP contribution in [0.5, 0.6) is 0 Å². The monoisotopic (exact) mass is 388 g/mol. The third-order valence-electron chi connectivity index (χ3n) is 5.27. The van der Waals surface area contributed by atoms with Crippen molar-refractivity contribution >= 4 is 11.9 Å². The number of hydrogen-bond donors (Lipinski definition) is 2. The summed E-state index contributed by atoms with van der Waals surface area (Å²) in [6.07, 6.45) is 4.31. The third-order valence-corrected chi connectivity index (χ3v) is 5.27. The number of rotatable bonds is 8. The Morgan fingerprint density at radius 1 is 1.21 bits per heavy atom. The summed E-state index contributed by atoms with van der Waals surface area (Å²) in [7, 11) is 5.44. The van der Waals surface area contributed by atoms with Crippen molar-refractivity contribution in [2.45, 2.75) is 58.8 Å². The first-order valence-electron chi connectivity index (χ1n) is 10.2. The van der Waals surface area contributed by atoms with E-state index in [0.29, 0.717) is 19.7 Å². The minimum absolute atomic E-state index is 0.214. The lowest BCUT2D eigenvalue weighted by Gasteiger charge is -2.31. The zero-order valence-electron chi connectivity index (χ0n) is 18.0. The molecule has 0 bridgehead atoms. The van der Waals surface area contributed by atoms with Crippen molar-refractivity contribution in [1.29, 1.82) is 0 Å². The Kier molecular flexibility index (Phi) is 8.30. The highest BCUT2D eigenvalue weighted by molar-refractivity contribution is 5.85. The summed E-state index contributed by atoms with van der Waals surface area (Å²) in [6.45, 7) is 5.99. The molecule has 1 fully saturated rings. The normalized spacial score (nSPS) is 16.3. The van der Waals surface area contributed by atoms with E-state index in [0.717, 1.165) is 37.2 Å². The molecule has 0 heterocycles. The molecule has 1 aliphatic carbocycles.